The van der Waals surface area contributed by atoms with Crippen LogP contribution in [0.3, 0.4) is 0 Å². The van der Waals surface area contributed by atoms with Crippen molar-refractivity contribution in [1.82, 2.24) is 19.6 Å². The molecule has 0 aromatic rings. The molecule has 0 aromatic carbocycles. The number of ether oxygens (including phenoxy) is 2. The number of rotatable bonds is 14. The second kappa shape index (κ2) is 16.9. The number of carbonyl (C=O) groups is 5. The molecule has 0 bridgehead atoms. The van der Waals surface area contributed by atoms with Crippen LogP contribution in [0.5, 0.6) is 0 Å². The van der Waals surface area contributed by atoms with E-state index in [1.54, 1.807) is 23.6 Å². The number of Topliss-reactive ketones (excluding diaryl/α,β-unsaturated/α-hetero) is 1. The van der Waals surface area contributed by atoms with Crippen molar-refractivity contribution in [3.8, 4) is 0 Å². The topological polar surface area (TPSA) is 157 Å². The Balaban J connectivity index is 3.07. The van der Waals surface area contributed by atoms with Gasteiger partial charge in [0.1, 0.15) is 12.5 Å². The summed E-state index contributed by atoms with van der Waals surface area (Å²) in [6, 6.07) is 0. The predicted molar refractivity (Wildman–Crippen MR) is 123 cm³/mol. The summed E-state index contributed by atoms with van der Waals surface area (Å²) in [4.78, 5) is 63.9. The van der Waals surface area contributed by atoms with E-state index in [1.807, 2.05) is 9.80 Å². The molecule has 13 nitrogen and oxygen atoms in total. The van der Waals surface area contributed by atoms with Crippen molar-refractivity contribution >= 4 is 30.7 Å². The Morgan fingerprint density at radius 2 is 1.29 bits per heavy atom. The largest absolute Gasteiger partial charge is 0.480 e. The summed E-state index contributed by atoms with van der Waals surface area (Å²) in [5.74, 6) is -2.10. The Hall–Kier alpha value is -2.61. The monoisotopic (exact) mass is 502 g/mol. The zero-order valence-corrected chi connectivity index (χ0v) is 20.5. The van der Waals surface area contributed by atoms with E-state index in [9.17, 15) is 34.2 Å². The summed E-state index contributed by atoms with van der Waals surface area (Å²) in [7, 11) is 0. The molecule has 0 amide bonds. The smallest absolute Gasteiger partial charge is 0.317 e. The Morgan fingerprint density at radius 1 is 0.800 bits per heavy atom. The van der Waals surface area contributed by atoms with Crippen LogP contribution in [0.4, 0.5) is 0 Å². The normalized spacial score (nSPS) is 18.7. The van der Waals surface area contributed by atoms with E-state index in [0.29, 0.717) is 71.7 Å². The molecular formula is C22H38N4O9. The third-order valence-corrected chi connectivity index (χ3v) is 5.82. The summed E-state index contributed by atoms with van der Waals surface area (Å²) < 4.78 is 10.2. The number of carbonyl (C=O) groups excluding carboxylic acids is 3. The van der Waals surface area contributed by atoms with Crippen molar-refractivity contribution in [3.63, 3.8) is 0 Å². The third-order valence-electron chi connectivity index (χ3n) is 5.82. The Bertz CT molecular complexity index is 692. The number of hydrogen-bond acceptors (Lipinski definition) is 11. The molecule has 1 unspecified atom stereocenters. The highest BCUT2D eigenvalue weighted by molar-refractivity contribution is 5.80. The molecule has 0 radical (unpaired) electrons. The van der Waals surface area contributed by atoms with Crippen LogP contribution in [0.25, 0.3) is 0 Å². The number of aliphatic carboxylic acids is 2. The first kappa shape index (κ1) is 30.4. The van der Waals surface area contributed by atoms with Gasteiger partial charge in [0.05, 0.1) is 13.1 Å². The maximum Gasteiger partial charge on any atom is 0.317 e. The highest BCUT2D eigenvalue weighted by Crippen LogP contribution is 2.13. The van der Waals surface area contributed by atoms with Gasteiger partial charge in [-0.1, -0.05) is 13.8 Å². The molecule has 1 saturated heterocycles. The lowest BCUT2D eigenvalue weighted by molar-refractivity contribution is -0.147. The molecule has 200 valence electrons. The van der Waals surface area contributed by atoms with Crippen LogP contribution in [0.15, 0.2) is 0 Å². The molecular weight excluding hydrogens is 464 g/mol. The van der Waals surface area contributed by atoms with Crippen LogP contribution >= 0.6 is 0 Å². The van der Waals surface area contributed by atoms with Crippen LogP contribution in [-0.2, 0) is 33.4 Å². The van der Waals surface area contributed by atoms with Gasteiger partial charge in [0, 0.05) is 71.1 Å². The SMILES string of the molecule is CC(C)C(=O)CCC(OC=O)N1CCN(COC=O)CCN(CC(=O)O)CCN(CC(=O)O)CC1. The highest BCUT2D eigenvalue weighted by atomic mass is 16.5. The lowest BCUT2D eigenvalue weighted by Crippen LogP contribution is -2.50. The molecule has 0 saturated carbocycles. The summed E-state index contributed by atoms with van der Waals surface area (Å²) in [5.41, 5.74) is 0. The van der Waals surface area contributed by atoms with Gasteiger partial charge in [-0.05, 0) is 0 Å². The van der Waals surface area contributed by atoms with E-state index in [0.717, 1.165) is 0 Å². The van der Waals surface area contributed by atoms with Gasteiger partial charge in [-0.3, -0.25) is 43.6 Å². The number of hydrogen-bond donors (Lipinski definition) is 2. The van der Waals surface area contributed by atoms with Crippen molar-refractivity contribution in [2.24, 2.45) is 5.92 Å². The van der Waals surface area contributed by atoms with Gasteiger partial charge in [0.25, 0.3) is 12.9 Å². The van der Waals surface area contributed by atoms with Gasteiger partial charge in [-0.25, -0.2) is 0 Å². The van der Waals surface area contributed by atoms with Crippen molar-refractivity contribution in [3.05, 3.63) is 0 Å². The van der Waals surface area contributed by atoms with Gasteiger partial charge in [-0.15, -0.1) is 0 Å². The Morgan fingerprint density at radius 3 is 1.74 bits per heavy atom. The summed E-state index contributed by atoms with van der Waals surface area (Å²) >= 11 is 0. The van der Waals surface area contributed by atoms with Crippen LogP contribution in [0.1, 0.15) is 26.7 Å². The number of carboxylic acids is 2. The van der Waals surface area contributed by atoms with Gasteiger partial charge >= 0.3 is 11.9 Å². The van der Waals surface area contributed by atoms with Crippen LogP contribution in [-0.4, -0.2) is 139 Å². The summed E-state index contributed by atoms with van der Waals surface area (Å²) in [6.45, 7) is 6.76. The number of carboxylic acid groups (broad SMARTS) is 2. The zero-order chi connectivity index (χ0) is 26.2. The molecule has 2 N–H and O–H groups in total. The maximum atomic E-state index is 12.2. The second-order valence-corrected chi connectivity index (χ2v) is 8.73. The molecule has 0 spiro atoms. The molecule has 35 heavy (non-hydrogen) atoms. The lowest BCUT2D eigenvalue weighted by atomic mass is 10.0. The fourth-order valence-electron chi connectivity index (χ4n) is 3.76. The summed E-state index contributed by atoms with van der Waals surface area (Å²) in [6.07, 6.45) is -0.151. The quantitative estimate of drug-likeness (QED) is 0.279. The fraction of sp³-hybridized carbons (Fsp3) is 0.773. The first-order valence-electron chi connectivity index (χ1n) is 11.7. The van der Waals surface area contributed by atoms with Crippen LogP contribution < -0.4 is 0 Å². The number of nitrogens with zero attached hydrogens (tertiary/aromatic N) is 4. The fourth-order valence-corrected chi connectivity index (χ4v) is 3.76. The average Bonchev–Trinajstić information content (AvgIpc) is 2.78. The molecule has 1 atom stereocenters. The highest BCUT2D eigenvalue weighted by Gasteiger charge is 2.25. The standard InChI is InChI=1S/C22H38N4O9/c1-18(2)19(29)3-4-20(35-17-28)26-11-9-24(14-22(32)33)6-5-23(13-21(30)31)7-8-25(10-12-26)15-34-16-27/h16-18,20H,3-15H2,1-2H3,(H,30,31)(H,32,33). The molecule has 1 rings (SSSR count). The molecule has 0 aromatic heterocycles. The minimum absolute atomic E-state index is 0.00836. The van der Waals surface area contributed by atoms with E-state index < -0.39 is 18.2 Å². The first-order chi connectivity index (χ1) is 16.7. The van der Waals surface area contributed by atoms with E-state index in [-0.39, 0.29) is 37.9 Å². The van der Waals surface area contributed by atoms with E-state index in [2.05, 4.69) is 0 Å². The third kappa shape index (κ3) is 13.2. The Kier molecular flexibility index (Phi) is 14.7. The molecule has 13 heteroatoms. The first-order valence-corrected chi connectivity index (χ1v) is 11.7. The molecule has 0 aliphatic carbocycles. The van der Waals surface area contributed by atoms with Crippen molar-refractivity contribution in [2.45, 2.75) is 32.9 Å². The van der Waals surface area contributed by atoms with Crippen molar-refractivity contribution in [2.75, 3.05) is 72.2 Å². The van der Waals surface area contributed by atoms with Crippen molar-refractivity contribution < 1.29 is 43.7 Å². The maximum absolute atomic E-state index is 12.2. The number of ketones is 1. The Labute approximate surface area is 205 Å². The van der Waals surface area contributed by atoms with Crippen LogP contribution in [0.2, 0.25) is 0 Å². The van der Waals surface area contributed by atoms with E-state index in [4.69, 9.17) is 9.47 Å². The van der Waals surface area contributed by atoms with Gasteiger partial charge in [0.2, 0.25) is 0 Å². The van der Waals surface area contributed by atoms with Gasteiger partial charge in [-0.2, -0.15) is 0 Å². The minimum atomic E-state index is -1.01. The predicted octanol–water partition coefficient (Wildman–Crippen LogP) is -0.988. The van der Waals surface area contributed by atoms with Gasteiger partial charge in [0.15, 0.2) is 6.23 Å². The van der Waals surface area contributed by atoms with Crippen molar-refractivity contribution in [1.29, 1.82) is 0 Å². The average molecular weight is 503 g/mol. The van der Waals surface area contributed by atoms with Crippen LogP contribution in [0, 0.1) is 5.92 Å². The molecule has 1 heterocycles. The molecule has 1 fully saturated rings. The lowest BCUT2D eigenvalue weighted by Gasteiger charge is -2.35. The van der Waals surface area contributed by atoms with E-state index >= 15 is 0 Å². The molecule has 1 aliphatic rings. The minimum Gasteiger partial charge on any atom is -0.480 e. The van der Waals surface area contributed by atoms with Gasteiger partial charge < -0.3 is 19.7 Å². The zero-order valence-electron chi connectivity index (χ0n) is 20.5. The molecule has 1 aliphatic heterocycles. The van der Waals surface area contributed by atoms with E-state index in [1.165, 1.54) is 0 Å². The second-order valence-electron chi connectivity index (χ2n) is 8.73. The summed E-state index contributed by atoms with van der Waals surface area (Å²) in [5, 5.41) is 18.6.